The summed E-state index contributed by atoms with van der Waals surface area (Å²) in [6.45, 7) is 11.7. The predicted molar refractivity (Wildman–Crippen MR) is 106 cm³/mol. The maximum Gasteiger partial charge on any atom is -0.147 e. The Bertz CT molecular complexity index is 592. The van der Waals surface area contributed by atoms with E-state index >= 15 is 0 Å². The molecule has 0 aromatic heterocycles. The summed E-state index contributed by atoms with van der Waals surface area (Å²) in [7, 11) is 0. The maximum atomic E-state index is 2.69. The van der Waals surface area contributed by atoms with Gasteiger partial charge in [0.2, 0.25) is 0 Å². The van der Waals surface area contributed by atoms with Crippen LogP contribution in [0.3, 0.4) is 0 Å². The molecule has 0 radical (unpaired) electrons. The van der Waals surface area contributed by atoms with Gasteiger partial charge < -0.3 is 0 Å². The molecule has 0 nitrogen and oxygen atoms in total. The van der Waals surface area contributed by atoms with Crippen molar-refractivity contribution in [1.29, 1.82) is 0 Å². The summed E-state index contributed by atoms with van der Waals surface area (Å²) in [6.07, 6.45) is 9.86. The first-order valence-corrected chi connectivity index (χ1v) is 27.2. The zero-order chi connectivity index (χ0) is 15.2. The molecule has 0 amide bonds. The van der Waals surface area contributed by atoms with Gasteiger partial charge in [0.25, 0.3) is 0 Å². The molecule has 0 fully saturated rings. The van der Waals surface area contributed by atoms with Crippen LogP contribution in [0.15, 0.2) is 41.1 Å². The molecular formula is C18H32Cl2HfSi. The van der Waals surface area contributed by atoms with E-state index in [1.54, 1.807) is 22.3 Å². The van der Waals surface area contributed by atoms with Gasteiger partial charge in [0.15, 0.2) is 0 Å². The fourth-order valence-corrected chi connectivity index (χ4v) is 26.5. The summed E-state index contributed by atoms with van der Waals surface area (Å²) in [5.74, 6) is 0. The van der Waals surface area contributed by atoms with Crippen molar-refractivity contribution in [1.82, 2.24) is 0 Å². The van der Waals surface area contributed by atoms with Gasteiger partial charge in [-0.25, -0.2) is 0 Å². The van der Waals surface area contributed by atoms with Crippen LogP contribution in [-0.4, -0.2) is 6.94 Å². The van der Waals surface area contributed by atoms with Crippen LogP contribution in [-0.2, 0) is 17.1 Å². The van der Waals surface area contributed by atoms with Gasteiger partial charge >= 0.3 is 128 Å². The third kappa shape index (κ3) is 3.65. The van der Waals surface area contributed by atoms with E-state index in [1.807, 2.05) is 6.66 Å². The zero-order valence-electron chi connectivity index (χ0n) is 15.0. The van der Waals surface area contributed by atoms with Crippen molar-refractivity contribution < 1.29 is 17.1 Å². The van der Waals surface area contributed by atoms with Gasteiger partial charge in [-0.1, -0.05) is 0 Å². The molecule has 0 spiro atoms. The van der Waals surface area contributed by atoms with Gasteiger partial charge in [-0.2, -0.15) is 0 Å². The van der Waals surface area contributed by atoms with Crippen LogP contribution in [0, 0.1) is 0 Å². The summed E-state index contributed by atoms with van der Waals surface area (Å²) in [4.78, 5) is 0. The minimum atomic E-state index is -3.04. The van der Waals surface area contributed by atoms with E-state index in [0.29, 0.717) is 0 Å². The number of rotatable bonds is 4. The molecule has 0 aromatic rings. The van der Waals surface area contributed by atoms with Crippen LogP contribution < -0.4 is 0 Å². The van der Waals surface area contributed by atoms with Gasteiger partial charge in [0.05, 0.1) is 0 Å². The van der Waals surface area contributed by atoms with Crippen molar-refractivity contribution in [2.75, 3.05) is 0 Å². The van der Waals surface area contributed by atoms with Crippen LogP contribution in [0.25, 0.3) is 0 Å². The van der Waals surface area contributed by atoms with Crippen LogP contribution >= 0.6 is 24.8 Å². The first kappa shape index (κ1) is 22.6. The van der Waals surface area contributed by atoms with E-state index in [2.05, 4.69) is 56.1 Å². The van der Waals surface area contributed by atoms with E-state index < -0.39 is 17.1 Å². The molecule has 0 heterocycles. The molecule has 2 aliphatic carbocycles. The summed E-state index contributed by atoms with van der Waals surface area (Å²) >= 11 is -3.04. The largest absolute Gasteiger partial charge is 0.147 e. The average molecular weight is 526 g/mol. The first-order valence-electron chi connectivity index (χ1n) is 8.08. The second kappa shape index (κ2) is 7.67. The molecule has 0 saturated heterocycles. The van der Waals surface area contributed by atoms with Gasteiger partial charge in [-0.05, 0) is 0 Å². The van der Waals surface area contributed by atoms with Crippen LogP contribution in [0.4, 0.5) is 0 Å². The third-order valence-corrected chi connectivity index (χ3v) is 30.1. The molecule has 2 rings (SSSR count). The Morgan fingerprint density at radius 3 is 1.45 bits per heavy atom. The predicted octanol–water partition coefficient (Wildman–Crippen LogP) is 6.19. The standard InChI is InChI=1S/2C8H11.2CH3.2ClH.Hf.H2Si/c2*1-3-8-6-4-5-7(8)2;;;;;;/h2*5H,3-4H2,1-2H3;2*1H3;2*1H;;1H2. The number of hydrogen-bond acceptors (Lipinski definition) is 0. The molecule has 22 heavy (non-hydrogen) atoms. The van der Waals surface area contributed by atoms with Crippen molar-refractivity contribution >= 4 is 31.8 Å². The van der Waals surface area contributed by atoms with Crippen molar-refractivity contribution in [2.24, 2.45) is 0 Å². The fourth-order valence-electron chi connectivity index (χ4n) is 4.27. The van der Waals surface area contributed by atoms with Crippen LogP contribution in [0.5, 0.6) is 0 Å². The smallest absolute Gasteiger partial charge is 0.147 e. The van der Waals surface area contributed by atoms with E-state index in [4.69, 9.17) is 0 Å². The molecule has 2 aliphatic rings. The monoisotopic (exact) mass is 526 g/mol. The number of hydrogen-bond donors (Lipinski definition) is 0. The molecule has 0 aliphatic heterocycles. The summed E-state index contributed by atoms with van der Waals surface area (Å²) in [5.41, 5.74) is 6.52. The van der Waals surface area contributed by atoms with Gasteiger partial charge in [0, 0.05) is 0 Å². The Morgan fingerprint density at radius 1 is 0.864 bits per heavy atom. The Kier molecular flexibility index (Phi) is 7.89. The van der Waals surface area contributed by atoms with Crippen molar-refractivity contribution in [3.63, 3.8) is 0 Å². The fraction of sp³-hybridized carbons (Fsp3) is 0.556. The Hall–Kier alpha value is 0.627. The van der Waals surface area contributed by atoms with Crippen molar-refractivity contribution in [3.05, 3.63) is 41.1 Å². The molecule has 126 valence electrons. The van der Waals surface area contributed by atoms with Crippen molar-refractivity contribution in [2.45, 2.75) is 62.7 Å². The van der Waals surface area contributed by atoms with Crippen LogP contribution in [0.1, 0.15) is 53.4 Å². The van der Waals surface area contributed by atoms with Gasteiger partial charge in [-0.15, -0.1) is 24.8 Å². The Balaban J connectivity index is 0.00000220. The third-order valence-electron chi connectivity index (χ3n) is 5.55. The molecule has 0 N–H and O–H groups in total. The number of halogens is 2. The second-order valence-electron chi connectivity index (χ2n) is 7.49. The molecule has 0 atom stereocenters. The average Bonchev–Trinajstić information content (AvgIpc) is 2.92. The molecule has 0 aromatic carbocycles. The maximum absolute atomic E-state index is 3.04. The SMILES string of the molecule is CCC1=[C]([Hf]([CH3])([CH3])(=[SiH2])[C]2=C(CC)C(C)=CC2)CC=C1C.Cl.Cl. The summed E-state index contributed by atoms with van der Waals surface area (Å²) < 4.78 is 9.13. The second-order valence-corrected chi connectivity index (χ2v) is 48.5. The number of allylic oxidation sites excluding steroid dienone is 8. The van der Waals surface area contributed by atoms with Gasteiger partial charge in [-0.3, -0.25) is 0 Å². The molecule has 0 saturated carbocycles. The molecule has 4 heteroatoms. The zero-order valence-corrected chi connectivity index (χ0v) is 21.6. The Morgan fingerprint density at radius 2 is 1.18 bits per heavy atom. The summed E-state index contributed by atoms with van der Waals surface area (Å²) in [5, 5.41) is 0. The minimum absolute atomic E-state index is 0. The van der Waals surface area contributed by atoms with E-state index in [-0.39, 0.29) is 24.8 Å². The van der Waals surface area contributed by atoms with Crippen LogP contribution in [0.2, 0.25) is 9.36 Å². The quantitative estimate of drug-likeness (QED) is 0.384. The molecular weight excluding hydrogens is 494 g/mol. The first-order chi connectivity index (χ1) is 9.21. The Labute approximate surface area is 151 Å². The van der Waals surface area contributed by atoms with E-state index in [0.717, 1.165) is 0 Å². The van der Waals surface area contributed by atoms with E-state index in [1.165, 1.54) is 25.7 Å². The summed E-state index contributed by atoms with van der Waals surface area (Å²) in [6, 6.07) is 0. The molecule has 0 bridgehead atoms. The molecule has 0 unspecified atom stereocenters. The topological polar surface area (TPSA) is 0 Å². The van der Waals surface area contributed by atoms with Gasteiger partial charge in [0.1, 0.15) is 0 Å². The van der Waals surface area contributed by atoms with E-state index in [9.17, 15) is 0 Å². The minimum Gasteiger partial charge on any atom is -0.147 e. The normalized spacial score (nSPS) is 18.9. The van der Waals surface area contributed by atoms with Crippen molar-refractivity contribution in [3.8, 4) is 0 Å².